The Morgan fingerprint density at radius 1 is 1.08 bits per heavy atom. The molecule has 0 amide bonds. The molecule has 130 valence electrons. The molecular formula is C18H18N2O5. The number of nitrogens with zero attached hydrogens (tertiary/aromatic N) is 1. The van der Waals surface area contributed by atoms with Crippen molar-refractivity contribution in [2.24, 2.45) is 0 Å². The number of non-ortho nitro benzene ring substituents is 1. The van der Waals surface area contributed by atoms with Gasteiger partial charge in [-0.2, -0.15) is 0 Å². The van der Waals surface area contributed by atoms with Gasteiger partial charge in [0, 0.05) is 24.6 Å². The van der Waals surface area contributed by atoms with Gasteiger partial charge in [0.25, 0.3) is 5.69 Å². The largest absolute Gasteiger partial charge is 0.455 e. The summed E-state index contributed by atoms with van der Waals surface area (Å²) in [4.78, 5) is 34.6. The molecule has 0 aromatic heterocycles. The van der Waals surface area contributed by atoms with E-state index in [1.165, 1.54) is 31.2 Å². The molecule has 0 bridgehead atoms. The molecule has 2 aromatic rings. The minimum absolute atomic E-state index is 0.0827. The van der Waals surface area contributed by atoms with E-state index in [9.17, 15) is 19.7 Å². The number of esters is 1. The molecule has 1 N–H and O–H groups in total. The Balaban J connectivity index is 2.38. The Morgan fingerprint density at radius 3 is 2.16 bits per heavy atom. The van der Waals surface area contributed by atoms with Crippen LogP contribution in [0.4, 0.5) is 5.69 Å². The number of rotatable bonds is 7. The van der Waals surface area contributed by atoms with Crippen molar-refractivity contribution in [3.05, 3.63) is 75.8 Å². The van der Waals surface area contributed by atoms with Crippen LogP contribution in [0, 0.1) is 10.1 Å². The van der Waals surface area contributed by atoms with Gasteiger partial charge in [-0.25, -0.2) is 0 Å². The van der Waals surface area contributed by atoms with Gasteiger partial charge in [-0.15, -0.1) is 0 Å². The summed E-state index contributed by atoms with van der Waals surface area (Å²) in [7, 11) is 1.59. The van der Waals surface area contributed by atoms with E-state index in [0.717, 1.165) is 0 Å². The Labute approximate surface area is 144 Å². The van der Waals surface area contributed by atoms with Gasteiger partial charge in [-0.3, -0.25) is 19.7 Å². The molecule has 0 aliphatic heterocycles. The van der Waals surface area contributed by atoms with Crippen molar-refractivity contribution in [1.29, 1.82) is 0 Å². The van der Waals surface area contributed by atoms with Gasteiger partial charge in [0.15, 0.2) is 5.78 Å². The van der Waals surface area contributed by atoms with Crippen LogP contribution < -0.4 is 5.32 Å². The topological polar surface area (TPSA) is 98.5 Å². The maximum Gasteiger partial charge on any atom is 0.303 e. The van der Waals surface area contributed by atoms with Gasteiger partial charge < -0.3 is 10.1 Å². The van der Waals surface area contributed by atoms with Gasteiger partial charge in [-0.1, -0.05) is 30.3 Å². The fraction of sp³-hybridized carbons (Fsp3) is 0.222. The van der Waals surface area contributed by atoms with Gasteiger partial charge >= 0.3 is 5.97 Å². The summed E-state index contributed by atoms with van der Waals surface area (Å²) >= 11 is 0. The van der Waals surface area contributed by atoms with Crippen molar-refractivity contribution in [3.63, 3.8) is 0 Å². The highest BCUT2D eigenvalue weighted by atomic mass is 16.6. The lowest BCUT2D eigenvalue weighted by Gasteiger charge is -2.26. The second kappa shape index (κ2) is 8.16. The number of nitro groups is 1. The molecule has 0 radical (unpaired) electrons. The van der Waals surface area contributed by atoms with E-state index in [-0.39, 0.29) is 11.5 Å². The number of nitrogens with one attached hydrogen (secondary N) is 1. The van der Waals surface area contributed by atoms with Crippen LogP contribution in [0.5, 0.6) is 0 Å². The average Bonchev–Trinajstić information content (AvgIpc) is 2.62. The van der Waals surface area contributed by atoms with E-state index in [4.69, 9.17) is 4.74 Å². The van der Waals surface area contributed by atoms with Crippen LogP contribution in [-0.2, 0) is 9.53 Å². The number of ketones is 1. The van der Waals surface area contributed by atoms with Crippen molar-refractivity contribution < 1.29 is 19.2 Å². The minimum Gasteiger partial charge on any atom is -0.455 e. The van der Waals surface area contributed by atoms with E-state index in [2.05, 4.69) is 5.32 Å². The monoisotopic (exact) mass is 342 g/mol. The molecule has 0 fully saturated rings. The molecule has 0 aliphatic rings. The number of carbonyl (C=O) groups is 2. The first-order valence-electron chi connectivity index (χ1n) is 7.62. The molecule has 2 rings (SSSR count). The first-order chi connectivity index (χ1) is 11.9. The number of carbonyl (C=O) groups excluding carboxylic acids is 2. The third kappa shape index (κ3) is 4.48. The smallest absolute Gasteiger partial charge is 0.303 e. The van der Waals surface area contributed by atoms with Gasteiger partial charge in [-0.05, 0) is 24.7 Å². The molecule has 0 spiro atoms. The molecule has 7 nitrogen and oxygen atoms in total. The summed E-state index contributed by atoms with van der Waals surface area (Å²) < 4.78 is 5.34. The summed E-state index contributed by atoms with van der Waals surface area (Å²) in [5, 5.41) is 13.7. The fourth-order valence-electron chi connectivity index (χ4n) is 2.49. The van der Waals surface area contributed by atoms with Crippen molar-refractivity contribution in [3.8, 4) is 0 Å². The molecule has 0 aliphatic carbocycles. The van der Waals surface area contributed by atoms with Crippen molar-refractivity contribution in [1.82, 2.24) is 5.32 Å². The SMILES string of the molecule is CN[C@@H](C(=O)c1ccccc1)[C@@H](OC(C)=O)c1ccc([N+](=O)[O-])cc1. The molecule has 0 heterocycles. The second-order valence-electron chi connectivity index (χ2n) is 5.38. The summed E-state index contributed by atoms with van der Waals surface area (Å²) in [6.45, 7) is 1.25. The van der Waals surface area contributed by atoms with Crippen molar-refractivity contribution in [2.45, 2.75) is 19.1 Å². The number of likely N-dealkylation sites (N-methyl/N-ethyl adjacent to an activating group) is 1. The molecule has 2 aromatic carbocycles. The van der Waals surface area contributed by atoms with Crippen LogP contribution in [0.3, 0.4) is 0 Å². The number of hydrogen-bond acceptors (Lipinski definition) is 6. The first kappa shape index (κ1) is 18.3. The van der Waals surface area contributed by atoms with Gasteiger partial charge in [0.1, 0.15) is 12.1 Å². The predicted molar refractivity (Wildman–Crippen MR) is 91.2 cm³/mol. The zero-order chi connectivity index (χ0) is 18.4. The normalized spacial score (nSPS) is 12.9. The van der Waals surface area contributed by atoms with Crippen LogP contribution >= 0.6 is 0 Å². The minimum atomic E-state index is -0.906. The average molecular weight is 342 g/mol. The summed E-state index contributed by atoms with van der Waals surface area (Å²) in [6.07, 6.45) is -0.906. The standard InChI is InChI=1S/C18H18N2O5/c1-12(21)25-18(14-8-10-15(11-9-14)20(23)24)16(19-2)17(22)13-6-4-3-5-7-13/h3-11,16,18-19H,1-2H3/t16-,18-/m0/s1. The van der Waals surface area contributed by atoms with Crippen LogP contribution in [0.15, 0.2) is 54.6 Å². The highest BCUT2D eigenvalue weighted by molar-refractivity contribution is 6.00. The number of ether oxygens (including phenoxy) is 1. The third-order valence-corrected chi connectivity index (χ3v) is 3.68. The van der Waals surface area contributed by atoms with Crippen LogP contribution in [-0.4, -0.2) is 29.8 Å². The lowest BCUT2D eigenvalue weighted by molar-refractivity contribution is -0.384. The van der Waals surface area contributed by atoms with Crippen molar-refractivity contribution in [2.75, 3.05) is 7.05 Å². The maximum absolute atomic E-state index is 12.8. The molecule has 0 saturated carbocycles. The molecule has 7 heteroatoms. The molecule has 25 heavy (non-hydrogen) atoms. The summed E-state index contributed by atoms with van der Waals surface area (Å²) in [5.41, 5.74) is 0.881. The highest BCUT2D eigenvalue weighted by Gasteiger charge is 2.31. The summed E-state index contributed by atoms with van der Waals surface area (Å²) in [5.74, 6) is -0.794. The van der Waals surface area contributed by atoms with Gasteiger partial charge in [0.05, 0.1) is 4.92 Å². The second-order valence-corrected chi connectivity index (χ2v) is 5.38. The molecular weight excluding hydrogens is 324 g/mol. The molecule has 0 unspecified atom stereocenters. The zero-order valence-corrected chi connectivity index (χ0v) is 13.8. The quantitative estimate of drug-likeness (QED) is 0.359. The van der Waals surface area contributed by atoms with E-state index >= 15 is 0 Å². The first-order valence-corrected chi connectivity index (χ1v) is 7.62. The van der Waals surface area contributed by atoms with Crippen LogP contribution in [0.1, 0.15) is 28.9 Å². The third-order valence-electron chi connectivity index (χ3n) is 3.68. The predicted octanol–water partition coefficient (Wildman–Crippen LogP) is 2.67. The highest BCUT2D eigenvalue weighted by Crippen LogP contribution is 2.26. The molecule has 0 saturated heterocycles. The Morgan fingerprint density at radius 2 is 1.68 bits per heavy atom. The van der Waals surface area contributed by atoms with E-state index < -0.39 is 23.0 Å². The van der Waals surface area contributed by atoms with Crippen LogP contribution in [0.2, 0.25) is 0 Å². The maximum atomic E-state index is 12.8. The lowest BCUT2D eigenvalue weighted by atomic mass is 9.94. The van der Waals surface area contributed by atoms with E-state index in [1.54, 1.807) is 37.4 Å². The summed E-state index contributed by atoms with van der Waals surface area (Å²) in [6, 6.07) is 13.4. The Hall–Kier alpha value is -3.06. The number of benzene rings is 2. The Kier molecular flexibility index (Phi) is 5.97. The number of nitro benzene ring substituents is 1. The fourth-order valence-corrected chi connectivity index (χ4v) is 2.49. The van der Waals surface area contributed by atoms with Gasteiger partial charge in [0.2, 0.25) is 0 Å². The lowest BCUT2D eigenvalue weighted by Crippen LogP contribution is -2.41. The molecule has 2 atom stereocenters. The number of Topliss-reactive ketones (excluding diaryl/α,β-unsaturated/α-hetero) is 1. The Bertz CT molecular complexity index is 759. The van der Waals surface area contributed by atoms with E-state index in [0.29, 0.717) is 11.1 Å². The van der Waals surface area contributed by atoms with Crippen LogP contribution in [0.25, 0.3) is 0 Å². The van der Waals surface area contributed by atoms with E-state index in [1.807, 2.05) is 0 Å². The zero-order valence-electron chi connectivity index (χ0n) is 13.8. The number of hydrogen-bond donors (Lipinski definition) is 1. The van der Waals surface area contributed by atoms with Crippen molar-refractivity contribution >= 4 is 17.4 Å².